The van der Waals surface area contributed by atoms with Crippen LogP contribution in [-0.2, 0) is 31.9 Å². The SMILES string of the molecule is C#CC[C@@H]1O[C@](C)(CCOCc2ccccc2)[C@@H](OCc2ccccc2)C[C@H]1O[Si](C)(C)C(C)(C)C. The highest BCUT2D eigenvalue weighted by Gasteiger charge is 2.49. The Bertz CT molecular complexity index is 964. The van der Waals surface area contributed by atoms with Gasteiger partial charge < -0.3 is 18.6 Å². The van der Waals surface area contributed by atoms with Crippen molar-refractivity contribution in [2.24, 2.45) is 0 Å². The van der Waals surface area contributed by atoms with Gasteiger partial charge >= 0.3 is 0 Å². The highest BCUT2D eigenvalue weighted by atomic mass is 28.4. The first kappa shape index (κ1) is 28.6. The smallest absolute Gasteiger partial charge is 0.192 e. The number of ether oxygens (including phenoxy) is 3. The third-order valence-electron chi connectivity index (χ3n) is 7.68. The zero-order valence-corrected chi connectivity index (χ0v) is 24.0. The first-order valence-electron chi connectivity index (χ1n) is 13.1. The third-order valence-corrected chi connectivity index (χ3v) is 12.2. The fourth-order valence-electron chi connectivity index (χ4n) is 4.35. The van der Waals surface area contributed by atoms with Gasteiger partial charge in [0, 0.05) is 25.9 Å². The zero-order valence-electron chi connectivity index (χ0n) is 23.0. The molecule has 0 saturated carbocycles. The second-order valence-electron chi connectivity index (χ2n) is 11.6. The Morgan fingerprint density at radius 3 is 2.14 bits per heavy atom. The van der Waals surface area contributed by atoms with Crippen molar-refractivity contribution in [1.82, 2.24) is 0 Å². The van der Waals surface area contributed by atoms with E-state index in [9.17, 15) is 0 Å². The van der Waals surface area contributed by atoms with Gasteiger partial charge in [-0.1, -0.05) is 81.4 Å². The molecule has 0 radical (unpaired) electrons. The Balaban J connectivity index is 1.75. The van der Waals surface area contributed by atoms with E-state index in [4.69, 9.17) is 25.1 Å². The normalized spacial score (nSPS) is 24.9. The van der Waals surface area contributed by atoms with Crippen molar-refractivity contribution < 1.29 is 18.6 Å². The molecule has 36 heavy (non-hydrogen) atoms. The van der Waals surface area contributed by atoms with Crippen LogP contribution in [0.15, 0.2) is 60.7 Å². The second-order valence-corrected chi connectivity index (χ2v) is 16.4. The minimum atomic E-state index is -2.02. The average molecular weight is 509 g/mol. The number of hydrogen-bond donors (Lipinski definition) is 0. The van der Waals surface area contributed by atoms with Crippen molar-refractivity contribution >= 4 is 8.32 Å². The Labute approximate surface area is 219 Å². The predicted molar refractivity (Wildman–Crippen MR) is 149 cm³/mol. The highest BCUT2D eigenvalue weighted by Crippen LogP contribution is 2.42. The van der Waals surface area contributed by atoms with Gasteiger partial charge in [0.1, 0.15) is 0 Å². The van der Waals surface area contributed by atoms with Crippen molar-refractivity contribution in [3.63, 3.8) is 0 Å². The highest BCUT2D eigenvalue weighted by molar-refractivity contribution is 6.74. The molecule has 196 valence electrons. The predicted octanol–water partition coefficient (Wildman–Crippen LogP) is 7.14. The molecule has 1 heterocycles. The van der Waals surface area contributed by atoms with E-state index >= 15 is 0 Å². The van der Waals surface area contributed by atoms with E-state index < -0.39 is 13.9 Å². The third kappa shape index (κ3) is 7.78. The summed E-state index contributed by atoms with van der Waals surface area (Å²) in [7, 11) is -2.02. The van der Waals surface area contributed by atoms with E-state index in [2.05, 4.69) is 71.0 Å². The maximum Gasteiger partial charge on any atom is 0.192 e. The molecule has 1 aliphatic rings. The van der Waals surface area contributed by atoms with E-state index in [1.54, 1.807) is 0 Å². The summed E-state index contributed by atoms with van der Waals surface area (Å²) in [6.45, 7) is 15.2. The first-order chi connectivity index (χ1) is 17.0. The molecule has 0 N–H and O–H groups in total. The minimum absolute atomic E-state index is 0.0963. The molecule has 1 saturated heterocycles. The topological polar surface area (TPSA) is 36.9 Å². The average Bonchev–Trinajstić information content (AvgIpc) is 2.83. The van der Waals surface area contributed by atoms with Crippen LogP contribution in [0, 0.1) is 12.3 Å². The van der Waals surface area contributed by atoms with Gasteiger partial charge in [0.25, 0.3) is 0 Å². The van der Waals surface area contributed by atoms with Crippen LogP contribution in [0.2, 0.25) is 18.1 Å². The molecule has 4 nitrogen and oxygen atoms in total. The van der Waals surface area contributed by atoms with Crippen LogP contribution in [0.25, 0.3) is 0 Å². The lowest BCUT2D eigenvalue weighted by molar-refractivity contribution is -0.235. The summed E-state index contributed by atoms with van der Waals surface area (Å²) in [6, 6.07) is 20.5. The van der Waals surface area contributed by atoms with Crippen molar-refractivity contribution in [2.45, 2.75) is 102 Å². The molecule has 2 aromatic carbocycles. The van der Waals surface area contributed by atoms with E-state index in [-0.39, 0.29) is 23.4 Å². The van der Waals surface area contributed by atoms with Crippen LogP contribution >= 0.6 is 0 Å². The molecule has 0 spiro atoms. The van der Waals surface area contributed by atoms with Crippen LogP contribution < -0.4 is 0 Å². The van der Waals surface area contributed by atoms with Crippen molar-refractivity contribution in [2.75, 3.05) is 6.61 Å². The summed E-state index contributed by atoms with van der Waals surface area (Å²) < 4.78 is 26.3. The van der Waals surface area contributed by atoms with Crippen LogP contribution in [-0.4, -0.2) is 38.8 Å². The molecule has 2 aromatic rings. The van der Waals surface area contributed by atoms with Gasteiger partial charge in [-0.05, 0) is 36.2 Å². The number of benzene rings is 2. The lowest BCUT2D eigenvalue weighted by Gasteiger charge is -2.50. The minimum Gasteiger partial charge on any atom is -0.411 e. The molecular formula is C31H44O4Si. The van der Waals surface area contributed by atoms with Gasteiger partial charge in [-0.15, -0.1) is 12.3 Å². The summed E-state index contributed by atoms with van der Waals surface area (Å²) in [5, 5.41) is 0.0973. The summed E-state index contributed by atoms with van der Waals surface area (Å²) >= 11 is 0. The summed E-state index contributed by atoms with van der Waals surface area (Å²) in [6.07, 6.45) is 7.37. The molecule has 0 unspecified atom stereocenters. The van der Waals surface area contributed by atoms with Gasteiger partial charge in [0.2, 0.25) is 0 Å². The fourth-order valence-corrected chi connectivity index (χ4v) is 5.71. The molecule has 3 rings (SSSR count). The molecule has 0 amide bonds. The first-order valence-corrected chi connectivity index (χ1v) is 16.0. The zero-order chi connectivity index (χ0) is 26.2. The molecule has 0 aromatic heterocycles. The summed E-state index contributed by atoms with van der Waals surface area (Å²) in [5.74, 6) is 2.83. The standard InChI is InChI=1S/C31H44O4Si/c1-8-15-27-28(35-36(6,7)30(2,3)4)22-29(33-24-26-18-13-10-14-19-26)31(5,34-27)20-21-32-23-25-16-11-9-12-17-25/h1,9-14,16-19,27-29H,15,20-24H2,2-7H3/t27-,28+,29-,31+/m0/s1. The molecule has 5 heteroatoms. The molecular weight excluding hydrogens is 464 g/mol. The van der Waals surface area contributed by atoms with E-state index in [0.717, 1.165) is 17.5 Å². The molecule has 1 aliphatic heterocycles. The van der Waals surface area contributed by atoms with Crippen LogP contribution in [0.3, 0.4) is 0 Å². The molecule has 1 fully saturated rings. The van der Waals surface area contributed by atoms with Gasteiger partial charge in [0.15, 0.2) is 8.32 Å². The second kappa shape index (κ2) is 12.5. The lowest BCUT2D eigenvalue weighted by atomic mass is 9.85. The van der Waals surface area contributed by atoms with Crippen molar-refractivity contribution in [3.8, 4) is 12.3 Å². The Morgan fingerprint density at radius 2 is 1.58 bits per heavy atom. The summed E-state index contributed by atoms with van der Waals surface area (Å²) in [4.78, 5) is 0. The van der Waals surface area contributed by atoms with Crippen LogP contribution in [0.1, 0.15) is 58.1 Å². The van der Waals surface area contributed by atoms with E-state index in [1.165, 1.54) is 0 Å². The van der Waals surface area contributed by atoms with Gasteiger partial charge in [0.05, 0.1) is 37.1 Å². The van der Waals surface area contributed by atoms with Crippen molar-refractivity contribution in [1.29, 1.82) is 0 Å². The number of rotatable bonds is 11. The molecule has 0 bridgehead atoms. The van der Waals surface area contributed by atoms with Crippen LogP contribution in [0.4, 0.5) is 0 Å². The van der Waals surface area contributed by atoms with Gasteiger partial charge in [-0.25, -0.2) is 0 Å². The maximum absolute atomic E-state index is 6.87. The summed E-state index contributed by atoms with van der Waals surface area (Å²) in [5.41, 5.74) is 1.78. The van der Waals surface area contributed by atoms with Crippen LogP contribution in [0.5, 0.6) is 0 Å². The fraction of sp³-hybridized carbons (Fsp3) is 0.548. The van der Waals surface area contributed by atoms with Crippen molar-refractivity contribution in [3.05, 3.63) is 71.8 Å². The maximum atomic E-state index is 6.87. The lowest BCUT2D eigenvalue weighted by Crippen LogP contribution is -2.59. The largest absolute Gasteiger partial charge is 0.411 e. The Morgan fingerprint density at radius 1 is 1.00 bits per heavy atom. The number of hydrogen-bond acceptors (Lipinski definition) is 4. The quantitative estimate of drug-likeness (QED) is 0.184. The molecule has 0 aliphatic carbocycles. The van der Waals surface area contributed by atoms with Gasteiger partial charge in [-0.2, -0.15) is 0 Å². The van der Waals surface area contributed by atoms with E-state index in [0.29, 0.717) is 32.7 Å². The van der Waals surface area contributed by atoms with Gasteiger partial charge in [-0.3, -0.25) is 0 Å². The number of terminal acetylenes is 1. The Hall–Kier alpha value is -1.94. The van der Waals surface area contributed by atoms with E-state index in [1.807, 2.05) is 36.4 Å². The molecule has 4 atom stereocenters. The monoisotopic (exact) mass is 508 g/mol. The Kier molecular flexibility index (Phi) is 9.97.